The highest BCUT2D eigenvalue weighted by molar-refractivity contribution is 6.48. The average Bonchev–Trinajstić information content (AvgIpc) is 3.16. The molecule has 2 saturated heterocycles. The van der Waals surface area contributed by atoms with Crippen LogP contribution in [0.1, 0.15) is 104 Å². The SMILES string of the molecule is CC(C)(C)OC(=O)NCc1cccc(C2CCN(C(=O)C3CCC(B4OC(C)(C)C(C)(C)O4)C4CCCN=C34)CC2)c1. The van der Waals surface area contributed by atoms with E-state index in [0.29, 0.717) is 12.5 Å². The third kappa shape index (κ3) is 6.72. The molecule has 5 rings (SSSR count). The Morgan fingerprint density at radius 3 is 2.40 bits per heavy atom. The number of hydrogen-bond acceptors (Lipinski definition) is 6. The highest BCUT2D eigenvalue weighted by Crippen LogP contribution is 2.49. The smallest absolute Gasteiger partial charge is 0.444 e. The second kappa shape index (κ2) is 12.0. The van der Waals surface area contributed by atoms with Crippen LogP contribution < -0.4 is 5.32 Å². The monoisotopic (exact) mass is 579 g/mol. The van der Waals surface area contributed by atoms with Crippen molar-refractivity contribution in [3.63, 3.8) is 0 Å². The number of nitrogens with one attached hydrogen (secondary N) is 1. The molecule has 4 aliphatic rings. The van der Waals surface area contributed by atoms with Gasteiger partial charge in [-0.1, -0.05) is 30.7 Å². The van der Waals surface area contributed by atoms with E-state index in [1.165, 1.54) is 5.56 Å². The van der Waals surface area contributed by atoms with Gasteiger partial charge in [-0.15, -0.1) is 0 Å². The van der Waals surface area contributed by atoms with Crippen LogP contribution >= 0.6 is 0 Å². The molecule has 1 N–H and O–H groups in total. The van der Waals surface area contributed by atoms with Crippen molar-refractivity contribution in [1.29, 1.82) is 0 Å². The lowest BCUT2D eigenvalue weighted by atomic mass is 9.55. The Morgan fingerprint density at radius 1 is 1.05 bits per heavy atom. The van der Waals surface area contributed by atoms with Gasteiger partial charge >= 0.3 is 13.2 Å². The van der Waals surface area contributed by atoms with Crippen molar-refractivity contribution >= 4 is 24.8 Å². The van der Waals surface area contributed by atoms with Crippen LogP contribution in [0.2, 0.25) is 5.82 Å². The summed E-state index contributed by atoms with van der Waals surface area (Å²) in [5.74, 6) is 1.03. The van der Waals surface area contributed by atoms with Crippen LogP contribution in [-0.4, -0.2) is 66.2 Å². The minimum absolute atomic E-state index is 0.118. The van der Waals surface area contributed by atoms with E-state index in [1.54, 1.807) is 0 Å². The fourth-order valence-corrected chi connectivity index (χ4v) is 7.03. The molecule has 0 aromatic heterocycles. The first-order valence-electron chi connectivity index (χ1n) is 16.0. The van der Waals surface area contributed by atoms with Gasteiger partial charge in [0.1, 0.15) is 5.60 Å². The van der Waals surface area contributed by atoms with Crippen molar-refractivity contribution < 1.29 is 23.6 Å². The van der Waals surface area contributed by atoms with Crippen LogP contribution in [0.15, 0.2) is 29.3 Å². The third-order valence-electron chi connectivity index (χ3n) is 9.99. The largest absolute Gasteiger partial charge is 0.461 e. The van der Waals surface area contributed by atoms with E-state index in [1.807, 2.05) is 26.8 Å². The fourth-order valence-electron chi connectivity index (χ4n) is 7.03. The number of nitrogens with zero attached hydrogens (tertiary/aromatic N) is 2. The highest BCUT2D eigenvalue weighted by atomic mass is 16.7. The predicted molar refractivity (Wildman–Crippen MR) is 166 cm³/mol. The van der Waals surface area contributed by atoms with Gasteiger partial charge in [0.05, 0.1) is 17.1 Å². The normalized spacial score (nSPS) is 27.7. The van der Waals surface area contributed by atoms with Crippen LogP contribution in [0.5, 0.6) is 0 Å². The first kappa shape index (κ1) is 31.1. The zero-order valence-corrected chi connectivity index (χ0v) is 26.7. The molecule has 3 atom stereocenters. The number of hydrogen-bond donors (Lipinski definition) is 1. The number of carbonyl (C=O) groups excluding carboxylic acids is 2. The van der Waals surface area contributed by atoms with Crippen molar-refractivity contribution in [3.8, 4) is 0 Å². The minimum atomic E-state index is -0.519. The minimum Gasteiger partial charge on any atom is -0.444 e. The van der Waals surface area contributed by atoms with Crippen LogP contribution in [0.3, 0.4) is 0 Å². The summed E-state index contributed by atoms with van der Waals surface area (Å²) in [6, 6.07) is 8.43. The van der Waals surface area contributed by atoms with Crippen molar-refractivity contribution in [1.82, 2.24) is 10.2 Å². The van der Waals surface area contributed by atoms with Crippen LogP contribution in [0.4, 0.5) is 4.79 Å². The number of likely N-dealkylation sites (tertiary alicyclic amines) is 1. The number of aliphatic imine (C=N–C) groups is 1. The maximum absolute atomic E-state index is 13.9. The standard InChI is InChI=1S/C33H50BN3O5/c1-31(2,3)40-30(39)36-21-22-10-8-11-24(20-22)23-15-18-37(19-16-23)29(38)26-13-14-27(25-12-9-17-35-28(25)26)34-41-32(4,5)33(6,7)42-34/h8,10-11,20,23,25-27H,9,12-19,21H2,1-7H3,(H,36,39). The molecule has 42 heavy (non-hydrogen) atoms. The Bertz CT molecular complexity index is 1170. The molecule has 230 valence electrons. The van der Waals surface area contributed by atoms with E-state index < -0.39 is 11.7 Å². The molecular weight excluding hydrogens is 529 g/mol. The lowest BCUT2D eigenvalue weighted by Gasteiger charge is -2.42. The Hall–Kier alpha value is -2.39. The summed E-state index contributed by atoms with van der Waals surface area (Å²) in [6.07, 6.45) is 5.32. The molecule has 1 aromatic rings. The third-order valence-corrected chi connectivity index (χ3v) is 9.99. The molecule has 3 heterocycles. The molecule has 3 unspecified atom stereocenters. The van der Waals surface area contributed by atoms with Gasteiger partial charge < -0.3 is 24.3 Å². The van der Waals surface area contributed by atoms with Gasteiger partial charge in [0.25, 0.3) is 0 Å². The van der Waals surface area contributed by atoms with Gasteiger partial charge in [0, 0.05) is 37.7 Å². The summed E-state index contributed by atoms with van der Waals surface area (Å²) in [5.41, 5.74) is 2.20. The molecule has 9 heteroatoms. The van der Waals surface area contributed by atoms with Gasteiger partial charge in [-0.05, 0) is 104 Å². The molecule has 0 bridgehead atoms. The van der Waals surface area contributed by atoms with E-state index in [0.717, 1.165) is 69.4 Å². The van der Waals surface area contributed by atoms with Gasteiger partial charge in [0.15, 0.2) is 0 Å². The molecular formula is C33H50BN3O5. The lowest BCUT2D eigenvalue weighted by Crippen LogP contribution is -2.49. The number of fused-ring (bicyclic) bond motifs is 1. The van der Waals surface area contributed by atoms with Crippen molar-refractivity contribution in [2.45, 2.75) is 122 Å². The second-order valence-electron chi connectivity index (χ2n) is 14.7. The quantitative estimate of drug-likeness (QED) is 0.424. The number of ether oxygens (including phenoxy) is 1. The summed E-state index contributed by atoms with van der Waals surface area (Å²) in [5, 5.41) is 2.85. The first-order chi connectivity index (χ1) is 19.7. The van der Waals surface area contributed by atoms with Crippen molar-refractivity contribution in [3.05, 3.63) is 35.4 Å². The molecule has 2 amide bonds. The van der Waals surface area contributed by atoms with Crippen molar-refractivity contribution in [2.24, 2.45) is 16.8 Å². The zero-order chi connectivity index (χ0) is 30.3. The average molecular weight is 580 g/mol. The molecule has 3 aliphatic heterocycles. The summed E-state index contributed by atoms with van der Waals surface area (Å²) in [7, 11) is -0.245. The van der Waals surface area contributed by atoms with Crippen LogP contribution in [0, 0.1) is 11.8 Å². The maximum atomic E-state index is 13.9. The number of carbonyl (C=O) groups is 2. The fraction of sp³-hybridized carbons (Fsp3) is 0.727. The molecule has 1 aromatic carbocycles. The topological polar surface area (TPSA) is 89.5 Å². The number of benzene rings is 1. The van der Waals surface area contributed by atoms with E-state index in [4.69, 9.17) is 19.0 Å². The van der Waals surface area contributed by atoms with Gasteiger partial charge in [-0.3, -0.25) is 9.79 Å². The van der Waals surface area contributed by atoms with Crippen molar-refractivity contribution in [2.75, 3.05) is 19.6 Å². The first-order valence-corrected chi connectivity index (χ1v) is 16.0. The summed E-state index contributed by atoms with van der Waals surface area (Å²) in [4.78, 5) is 33.1. The number of amides is 2. The number of rotatable bonds is 5. The van der Waals surface area contributed by atoms with E-state index in [2.05, 4.69) is 56.1 Å². The molecule has 0 spiro atoms. The molecule has 3 fully saturated rings. The zero-order valence-electron chi connectivity index (χ0n) is 26.7. The van der Waals surface area contributed by atoms with E-state index >= 15 is 0 Å². The number of alkyl carbamates (subject to hydrolysis) is 1. The predicted octanol–water partition coefficient (Wildman–Crippen LogP) is 6.14. The molecule has 0 radical (unpaired) electrons. The summed E-state index contributed by atoms with van der Waals surface area (Å²) >= 11 is 0. The van der Waals surface area contributed by atoms with E-state index in [-0.39, 0.29) is 41.9 Å². The maximum Gasteiger partial charge on any atom is 0.461 e. The van der Waals surface area contributed by atoms with Gasteiger partial charge in [0.2, 0.25) is 5.91 Å². The molecule has 8 nitrogen and oxygen atoms in total. The van der Waals surface area contributed by atoms with Crippen LogP contribution in [-0.2, 0) is 25.4 Å². The Morgan fingerprint density at radius 2 is 1.74 bits per heavy atom. The van der Waals surface area contributed by atoms with Crippen LogP contribution in [0.25, 0.3) is 0 Å². The molecule has 1 saturated carbocycles. The molecule has 1 aliphatic carbocycles. The number of piperidine rings is 1. The second-order valence-corrected chi connectivity index (χ2v) is 14.7. The van der Waals surface area contributed by atoms with E-state index in [9.17, 15) is 9.59 Å². The Labute approximate surface area is 252 Å². The van der Waals surface area contributed by atoms with Gasteiger partial charge in [-0.2, -0.15) is 0 Å². The summed E-state index contributed by atoms with van der Waals surface area (Å²) < 4.78 is 18.3. The summed E-state index contributed by atoms with van der Waals surface area (Å²) in [6.45, 7) is 16.8. The Kier molecular flexibility index (Phi) is 8.84. The van der Waals surface area contributed by atoms with Gasteiger partial charge in [-0.25, -0.2) is 4.79 Å². The highest BCUT2D eigenvalue weighted by Gasteiger charge is 2.57. The lowest BCUT2D eigenvalue weighted by molar-refractivity contribution is -0.135. The Balaban J connectivity index is 1.17.